The van der Waals surface area contributed by atoms with E-state index < -0.39 is 0 Å². The second kappa shape index (κ2) is 9.45. The summed E-state index contributed by atoms with van der Waals surface area (Å²) in [5.41, 5.74) is 3.63. The third-order valence-corrected chi connectivity index (χ3v) is 4.64. The van der Waals surface area contributed by atoms with Crippen LogP contribution in [0, 0.1) is 0 Å². The Balaban J connectivity index is 1.79. The molecule has 0 aromatic heterocycles. The molecule has 0 fully saturated rings. The number of benzene rings is 2. The maximum Gasteiger partial charge on any atom is 0.258 e. The fourth-order valence-electron chi connectivity index (χ4n) is 2.87. The Labute approximate surface area is 163 Å². The van der Waals surface area contributed by atoms with E-state index in [1.54, 1.807) is 0 Å². The minimum Gasteiger partial charge on any atom is -0.484 e. The highest BCUT2D eigenvalue weighted by atomic mass is 16.5. The fraction of sp³-hybridized carbons (Fsp3) is 0.435. The van der Waals surface area contributed by atoms with E-state index in [-0.39, 0.29) is 17.9 Å². The van der Waals surface area contributed by atoms with Crippen LogP contribution in [-0.4, -0.2) is 25.6 Å². The number of carbonyl (C=O) groups excluding carboxylic acids is 1. The number of hydrogen-bond acceptors (Lipinski definition) is 3. The molecule has 2 rings (SSSR count). The Morgan fingerprint density at radius 1 is 0.963 bits per heavy atom. The van der Waals surface area contributed by atoms with Crippen molar-refractivity contribution in [3.05, 3.63) is 59.7 Å². The maximum absolute atomic E-state index is 12.0. The van der Waals surface area contributed by atoms with Crippen molar-refractivity contribution >= 4 is 11.6 Å². The second-order valence-electron chi connectivity index (χ2n) is 7.68. The number of ether oxygens (including phenoxy) is 1. The highest BCUT2D eigenvalue weighted by molar-refractivity contribution is 5.77. The smallest absolute Gasteiger partial charge is 0.258 e. The third-order valence-electron chi connectivity index (χ3n) is 4.64. The second-order valence-corrected chi connectivity index (χ2v) is 7.68. The summed E-state index contributed by atoms with van der Waals surface area (Å²) >= 11 is 0. The van der Waals surface area contributed by atoms with Gasteiger partial charge in [-0.25, -0.2) is 0 Å². The standard InChI is InChI=1S/C23H32N2O2/c1-6-25(7-2)20-12-8-18(9-13-20)16-24-22(26)17-27-21-14-10-19(11-15-21)23(3,4)5/h8-15H,6-7,16-17H2,1-5H3,(H,24,26). The van der Waals surface area contributed by atoms with E-state index in [2.05, 4.69) is 69.1 Å². The number of rotatable bonds is 8. The van der Waals surface area contributed by atoms with E-state index in [0.29, 0.717) is 12.3 Å². The van der Waals surface area contributed by atoms with Gasteiger partial charge in [0.15, 0.2) is 6.61 Å². The maximum atomic E-state index is 12.0. The molecule has 0 aliphatic carbocycles. The van der Waals surface area contributed by atoms with Crippen molar-refractivity contribution in [1.29, 1.82) is 0 Å². The lowest BCUT2D eigenvalue weighted by molar-refractivity contribution is -0.123. The molecule has 0 radical (unpaired) electrons. The topological polar surface area (TPSA) is 41.6 Å². The minimum absolute atomic E-state index is 0.0202. The molecule has 2 aromatic rings. The summed E-state index contributed by atoms with van der Waals surface area (Å²) in [6, 6.07) is 16.2. The number of amides is 1. The SMILES string of the molecule is CCN(CC)c1ccc(CNC(=O)COc2ccc(C(C)(C)C)cc2)cc1. The lowest BCUT2D eigenvalue weighted by Gasteiger charge is -2.21. The first-order valence-electron chi connectivity index (χ1n) is 9.67. The third kappa shape index (κ3) is 6.31. The van der Waals surface area contributed by atoms with Gasteiger partial charge in [-0.15, -0.1) is 0 Å². The molecule has 0 aliphatic heterocycles. The molecule has 146 valence electrons. The molecular weight excluding hydrogens is 336 g/mol. The molecule has 0 spiro atoms. The number of carbonyl (C=O) groups is 1. The Morgan fingerprint density at radius 2 is 1.56 bits per heavy atom. The molecule has 0 aliphatic rings. The predicted molar refractivity (Wildman–Crippen MR) is 112 cm³/mol. The summed E-state index contributed by atoms with van der Waals surface area (Å²) in [6.45, 7) is 13.3. The van der Waals surface area contributed by atoms with Crippen molar-refractivity contribution in [3.63, 3.8) is 0 Å². The minimum atomic E-state index is -0.122. The molecule has 0 bridgehead atoms. The summed E-state index contributed by atoms with van der Waals surface area (Å²) < 4.78 is 5.58. The van der Waals surface area contributed by atoms with E-state index in [1.807, 2.05) is 24.3 Å². The molecule has 0 heterocycles. The van der Waals surface area contributed by atoms with Crippen molar-refractivity contribution in [2.75, 3.05) is 24.6 Å². The van der Waals surface area contributed by atoms with Gasteiger partial charge in [-0.05, 0) is 54.7 Å². The average molecular weight is 369 g/mol. The van der Waals surface area contributed by atoms with Gasteiger partial charge in [0.1, 0.15) is 5.75 Å². The summed E-state index contributed by atoms with van der Waals surface area (Å²) in [4.78, 5) is 14.3. The van der Waals surface area contributed by atoms with Crippen molar-refractivity contribution in [1.82, 2.24) is 5.32 Å². The lowest BCUT2D eigenvalue weighted by Crippen LogP contribution is -2.28. The zero-order valence-electron chi connectivity index (χ0n) is 17.2. The van der Waals surface area contributed by atoms with Crippen LogP contribution in [0.2, 0.25) is 0 Å². The number of nitrogens with zero attached hydrogens (tertiary/aromatic N) is 1. The van der Waals surface area contributed by atoms with Gasteiger partial charge in [0.25, 0.3) is 5.91 Å². The summed E-state index contributed by atoms with van der Waals surface area (Å²) in [6.07, 6.45) is 0. The van der Waals surface area contributed by atoms with Crippen molar-refractivity contribution in [3.8, 4) is 5.75 Å². The van der Waals surface area contributed by atoms with Crippen LogP contribution in [0.25, 0.3) is 0 Å². The van der Waals surface area contributed by atoms with Crippen LogP contribution >= 0.6 is 0 Å². The zero-order valence-corrected chi connectivity index (χ0v) is 17.2. The van der Waals surface area contributed by atoms with Crippen LogP contribution in [0.15, 0.2) is 48.5 Å². The van der Waals surface area contributed by atoms with Gasteiger partial charge in [-0.3, -0.25) is 4.79 Å². The molecule has 1 amide bonds. The Hall–Kier alpha value is -2.49. The van der Waals surface area contributed by atoms with Crippen LogP contribution in [0.1, 0.15) is 45.7 Å². The van der Waals surface area contributed by atoms with Gasteiger partial charge in [-0.1, -0.05) is 45.0 Å². The summed E-state index contributed by atoms with van der Waals surface area (Å²) in [5.74, 6) is 0.587. The fourth-order valence-corrected chi connectivity index (χ4v) is 2.87. The van der Waals surface area contributed by atoms with Gasteiger partial charge >= 0.3 is 0 Å². The molecule has 2 aromatic carbocycles. The van der Waals surface area contributed by atoms with E-state index >= 15 is 0 Å². The van der Waals surface area contributed by atoms with E-state index in [0.717, 1.165) is 18.7 Å². The Kier molecular flexibility index (Phi) is 7.28. The quantitative estimate of drug-likeness (QED) is 0.744. The van der Waals surface area contributed by atoms with E-state index in [4.69, 9.17) is 4.74 Å². The van der Waals surface area contributed by atoms with E-state index in [9.17, 15) is 4.79 Å². The van der Waals surface area contributed by atoms with Gasteiger partial charge in [0.05, 0.1) is 0 Å². The van der Waals surface area contributed by atoms with Crippen LogP contribution < -0.4 is 15.0 Å². The Morgan fingerprint density at radius 3 is 2.07 bits per heavy atom. The summed E-state index contributed by atoms with van der Waals surface area (Å²) in [7, 11) is 0. The van der Waals surface area contributed by atoms with Crippen LogP contribution in [0.3, 0.4) is 0 Å². The predicted octanol–water partition coefficient (Wildman–Crippen LogP) is 4.53. The average Bonchev–Trinajstić information content (AvgIpc) is 2.66. The zero-order chi connectivity index (χ0) is 19.9. The number of anilines is 1. The van der Waals surface area contributed by atoms with Gasteiger partial charge in [0, 0.05) is 25.3 Å². The molecule has 0 saturated carbocycles. The molecule has 0 saturated heterocycles. The number of hydrogen-bond donors (Lipinski definition) is 1. The lowest BCUT2D eigenvalue weighted by atomic mass is 9.87. The number of nitrogens with one attached hydrogen (secondary N) is 1. The first-order chi connectivity index (χ1) is 12.8. The van der Waals surface area contributed by atoms with Gasteiger partial charge < -0.3 is 15.0 Å². The molecular formula is C23H32N2O2. The van der Waals surface area contributed by atoms with Gasteiger partial charge in [-0.2, -0.15) is 0 Å². The molecule has 27 heavy (non-hydrogen) atoms. The largest absolute Gasteiger partial charge is 0.484 e. The molecule has 4 heteroatoms. The molecule has 0 unspecified atom stereocenters. The van der Waals surface area contributed by atoms with E-state index in [1.165, 1.54) is 11.3 Å². The van der Waals surface area contributed by atoms with Crippen LogP contribution in [0.4, 0.5) is 5.69 Å². The van der Waals surface area contributed by atoms with Crippen molar-refractivity contribution < 1.29 is 9.53 Å². The monoisotopic (exact) mass is 368 g/mol. The van der Waals surface area contributed by atoms with Crippen molar-refractivity contribution in [2.45, 2.75) is 46.6 Å². The van der Waals surface area contributed by atoms with Crippen LogP contribution in [-0.2, 0) is 16.8 Å². The van der Waals surface area contributed by atoms with Crippen LogP contribution in [0.5, 0.6) is 5.75 Å². The van der Waals surface area contributed by atoms with Crippen molar-refractivity contribution in [2.24, 2.45) is 0 Å². The molecule has 4 nitrogen and oxygen atoms in total. The highest BCUT2D eigenvalue weighted by Gasteiger charge is 2.13. The normalized spacial score (nSPS) is 11.1. The highest BCUT2D eigenvalue weighted by Crippen LogP contribution is 2.24. The molecule has 1 N–H and O–H groups in total. The Bertz CT molecular complexity index is 712. The van der Waals surface area contributed by atoms with Gasteiger partial charge in [0.2, 0.25) is 0 Å². The molecule has 0 atom stereocenters. The first kappa shape index (κ1) is 20.8. The summed E-state index contributed by atoms with van der Waals surface area (Å²) in [5, 5.41) is 2.90. The first-order valence-corrected chi connectivity index (χ1v) is 9.67.